The lowest BCUT2D eigenvalue weighted by molar-refractivity contribution is 0.208. The van der Waals surface area contributed by atoms with Crippen LogP contribution in [0.15, 0.2) is 0 Å². The first-order valence-electron chi connectivity index (χ1n) is 5.48. The van der Waals surface area contributed by atoms with Gasteiger partial charge in [0, 0.05) is 32.3 Å². The molecule has 0 saturated heterocycles. The number of hydrogen-bond acceptors (Lipinski definition) is 3. The van der Waals surface area contributed by atoms with Crippen molar-refractivity contribution in [2.24, 2.45) is 0 Å². The number of hydrogen-bond donors (Lipinski definition) is 0. The molecule has 0 aromatic heterocycles. The number of rotatable bonds is 8. The lowest BCUT2D eigenvalue weighted by Crippen LogP contribution is -2.26. The molecule has 0 bridgehead atoms. The maximum Gasteiger partial charge on any atom is 0.410 e. The molecule has 0 atom stereocenters. The predicted molar refractivity (Wildman–Crippen MR) is 63.2 cm³/mol. The smallest absolute Gasteiger partial charge is 0.248 e. The van der Waals surface area contributed by atoms with Crippen LogP contribution in [0.25, 0.3) is 0 Å². The van der Waals surface area contributed by atoms with E-state index < -0.39 is 6.16 Å². The molecule has 0 radical (unpaired) electrons. The normalized spacial score (nSPS) is 10.7. The Morgan fingerprint density at radius 1 is 1.20 bits per heavy atom. The van der Waals surface area contributed by atoms with Gasteiger partial charge in [0.15, 0.2) is 0 Å². The van der Waals surface area contributed by atoms with Crippen LogP contribution in [0.4, 0.5) is 9.18 Å². The van der Waals surface area contributed by atoms with Crippen molar-refractivity contribution in [2.75, 3.05) is 20.1 Å². The van der Waals surface area contributed by atoms with Crippen LogP contribution >= 0.6 is 12.1 Å². The van der Waals surface area contributed by atoms with E-state index in [-0.39, 0.29) is 0 Å². The summed E-state index contributed by atoms with van der Waals surface area (Å²) in [6.07, 6.45) is 2.97. The van der Waals surface area contributed by atoms with E-state index >= 15 is 0 Å². The maximum absolute atomic E-state index is 12.3. The van der Waals surface area contributed by atoms with Gasteiger partial charge in [-0.2, -0.15) is 0 Å². The number of nitrogens with zero attached hydrogens (tertiary/aromatic N) is 2. The Bertz CT molecular complexity index is 173. The minimum atomic E-state index is -1.39. The third-order valence-electron chi connectivity index (χ3n) is 2.01. The topological polar surface area (TPSA) is 23.6 Å². The maximum atomic E-state index is 12.3. The molecule has 15 heavy (non-hydrogen) atoms. The molecule has 0 aliphatic carbocycles. The third kappa shape index (κ3) is 7.62. The van der Waals surface area contributed by atoms with Crippen molar-refractivity contribution in [1.82, 2.24) is 8.61 Å². The molecule has 0 N–H and O–H groups in total. The summed E-state index contributed by atoms with van der Waals surface area (Å²) in [6, 6.07) is 0. The van der Waals surface area contributed by atoms with Crippen molar-refractivity contribution in [3.63, 3.8) is 0 Å². The Hall–Kier alpha value is -0.290. The highest BCUT2D eigenvalue weighted by atomic mass is 32.2. The number of unbranched alkanes of at least 4 members (excludes halogenated alkanes) is 2. The average Bonchev–Trinajstić information content (AvgIpc) is 2.21. The Morgan fingerprint density at radius 2 is 1.67 bits per heavy atom. The summed E-state index contributed by atoms with van der Waals surface area (Å²) in [5.74, 6) is 0. The highest BCUT2D eigenvalue weighted by Crippen LogP contribution is 2.17. The molecule has 0 heterocycles. The van der Waals surface area contributed by atoms with Gasteiger partial charge in [0.25, 0.3) is 0 Å². The summed E-state index contributed by atoms with van der Waals surface area (Å²) in [4.78, 5) is 10.4. The minimum Gasteiger partial charge on any atom is -0.248 e. The fourth-order valence-electron chi connectivity index (χ4n) is 1.07. The fourth-order valence-corrected chi connectivity index (χ4v) is 1.90. The van der Waals surface area contributed by atoms with Gasteiger partial charge in [-0.3, -0.25) is 0 Å². The standard InChI is InChI=1S/C10H21FN2OS/c1-4-6-8-13(9-7-5-2)15-12(3)10(11)14/h4-9H2,1-3H3. The van der Waals surface area contributed by atoms with Crippen LogP contribution in [0.5, 0.6) is 0 Å². The molecule has 0 aromatic rings. The SMILES string of the molecule is CCCCN(CCCC)SN(C)C(=O)F. The van der Waals surface area contributed by atoms with E-state index in [0.717, 1.165) is 43.1 Å². The largest absolute Gasteiger partial charge is 0.410 e. The summed E-state index contributed by atoms with van der Waals surface area (Å²) in [5.41, 5.74) is 0. The van der Waals surface area contributed by atoms with Crippen LogP contribution in [0.3, 0.4) is 0 Å². The summed E-state index contributed by atoms with van der Waals surface area (Å²) in [6.45, 7) is 6.04. The quantitative estimate of drug-likeness (QED) is 0.366. The van der Waals surface area contributed by atoms with Gasteiger partial charge in [-0.05, 0) is 12.8 Å². The fraction of sp³-hybridized carbons (Fsp3) is 0.900. The lowest BCUT2D eigenvalue weighted by Gasteiger charge is -2.23. The molecule has 0 rings (SSSR count). The average molecular weight is 236 g/mol. The first kappa shape index (κ1) is 14.7. The van der Waals surface area contributed by atoms with Crippen LogP contribution in [0.2, 0.25) is 0 Å². The van der Waals surface area contributed by atoms with Crippen LogP contribution in [-0.2, 0) is 0 Å². The van der Waals surface area contributed by atoms with E-state index in [2.05, 4.69) is 13.8 Å². The zero-order valence-corrected chi connectivity index (χ0v) is 10.6. The molecule has 0 aromatic carbocycles. The Kier molecular flexibility index (Phi) is 8.80. The van der Waals surface area contributed by atoms with E-state index in [9.17, 15) is 9.18 Å². The molecule has 0 fully saturated rings. The molecule has 0 unspecified atom stereocenters. The van der Waals surface area contributed by atoms with Gasteiger partial charge in [-0.25, -0.2) is 13.4 Å². The second kappa shape index (κ2) is 8.97. The van der Waals surface area contributed by atoms with E-state index in [4.69, 9.17) is 0 Å². The highest BCUT2D eigenvalue weighted by molar-refractivity contribution is 7.95. The Balaban J connectivity index is 3.92. The third-order valence-corrected chi connectivity index (χ3v) is 2.99. The lowest BCUT2D eigenvalue weighted by atomic mass is 10.3. The van der Waals surface area contributed by atoms with E-state index in [0.29, 0.717) is 0 Å². The molecule has 0 aliphatic heterocycles. The molecular weight excluding hydrogens is 215 g/mol. The van der Waals surface area contributed by atoms with Crippen LogP contribution in [0, 0.1) is 0 Å². The Labute approximate surface area is 96.3 Å². The monoisotopic (exact) mass is 236 g/mol. The van der Waals surface area contributed by atoms with Crippen molar-refractivity contribution in [2.45, 2.75) is 39.5 Å². The van der Waals surface area contributed by atoms with Gasteiger partial charge in [0.05, 0.1) is 0 Å². The van der Waals surface area contributed by atoms with E-state index in [1.165, 1.54) is 19.2 Å². The molecule has 5 heteroatoms. The first-order chi connectivity index (χ1) is 7.11. The van der Waals surface area contributed by atoms with Gasteiger partial charge in [0.1, 0.15) is 0 Å². The van der Waals surface area contributed by atoms with Gasteiger partial charge >= 0.3 is 6.16 Å². The number of amides is 1. The molecule has 90 valence electrons. The predicted octanol–water partition coefficient (Wildman–Crippen LogP) is 3.47. The molecule has 1 amide bonds. The van der Waals surface area contributed by atoms with Gasteiger partial charge < -0.3 is 0 Å². The highest BCUT2D eigenvalue weighted by Gasteiger charge is 2.13. The second-order valence-corrected chi connectivity index (χ2v) is 4.70. The van der Waals surface area contributed by atoms with Crippen LogP contribution in [0.1, 0.15) is 39.5 Å². The van der Waals surface area contributed by atoms with Crippen molar-refractivity contribution >= 4 is 18.3 Å². The summed E-state index contributed by atoms with van der Waals surface area (Å²) < 4.78 is 15.4. The minimum absolute atomic E-state index is 0.902. The van der Waals surface area contributed by atoms with Gasteiger partial charge in [-0.1, -0.05) is 26.7 Å². The Morgan fingerprint density at radius 3 is 2.00 bits per heavy atom. The van der Waals surface area contributed by atoms with Gasteiger partial charge in [0.2, 0.25) is 0 Å². The zero-order chi connectivity index (χ0) is 11.7. The second-order valence-electron chi connectivity index (χ2n) is 3.47. The van der Waals surface area contributed by atoms with Crippen LogP contribution < -0.4 is 0 Å². The molecule has 0 saturated carbocycles. The van der Waals surface area contributed by atoms with Gasteiger partial charge in [-0.15, -0.1) is 4.39 Å². The summed E-state index contributed by atoms with van der Waals surface area (Å²) >= 11 is 1.17. The van der Waals surface area contributed by atoms with Crippen molar-refractivity contribution < 1.29 is 9.18 Å². The number of halogens is 1. The van der Waals surface area contributed by atoms with E-state index in [1.807, 2.05) is 4.31 Å². The van der Waals surface area contributed by atoms with Crippen molar-refractivity contribution in [3.05, 3.63) is 0 Å². The van der Waals surface area contributed by atoms with E-state index in [1.54, 1.807) is 0 Å². The summed E-state index contributed by atoms with van der Waals surface area (Å²) in [7, 11) is 1.46. The molecule has 0 spiro atoms. The summed E-state index contributed by atoms with van der Waals surface area (Å²) in [5, 5.41) is 0. The molecular formula is C10H21FN2OS. The van der Waals surface area contributed by atoms with Crippen LogP contribution in [-0.4, -0.2) is 34.9 Å². The zero-order valence-electron chi connectivity index (χ0n) is 9.83. The number of carbonyl (C=O) groups is 1. The molecule has 3 nitrogen and oxygen atoms in total. The van der Waals surface area contributed by atoms with Crippen molar-refractivity contribution in [1.29, 1.82) is 0 Å². The molecule has 0 aliphatic rings. The first-order valence-corrected chi connectivity index (χ1v) is 6.21. The van der Waals surface area contributed by atoms with Crippen molar-refractivity contribution in [3.8, 4) is 0 Å². The number of carbonyl (C=O) groups excluding carboxylic acids is 1.